The monoisotopic (exact) mass is 415 g/mol. The minimum absolute atomic E-state index is 0.0781. The minimum atomic E-state index is -0.878. The number of amides is 1. The van der Waals surface area contributed by atoms with Crippen molar-refractivity contribution in [3.63, 3.8) is 0 Å². The molecule has 10 heteroatoms. The molecule has 0 bridgehead atoms. The molecule has 2 atom stereocenters. The molecule has 158 valence electrons. The Hall–Kier alpha value is -3.30. The zero-order valence-electron chi connectivity index (χ0n) is 16.6. The topological polar surface area (TPSA) is 101 Å². The number of alkyl halides is 1. The number of nitrogens with two attached hydrogens (primary N) is 1. The molecule has 0 aromatic carbocycles. The number of nitrogens with one attached hydrogen (secondary N) is 1. The van der Waals surface area contributed by atoms with E-state index in [1.807, 2.05) is 11.8 Å². The second kappa shape index (κ2) is 8.21. The smallest absolute Gasteiger partial charge is 0.259 e. The van der Waals surface area contributed by atoms with Gasteiger partial charge in [-0.1, -0.05) is 0 Å². The van der Waals surface area contributed by atoms with Crippen LogP contribution in [0.4, 0.5) is 20.4 Å². The summed E-state index contributed by atoms with van der Waals surface area (Å²) in [6.07, 6.45) is 3.63. The van der Waals surface area contributed by atoms with Crippen LogP contribution >= 0.6 is 0 Å². The molecule has 1 aliphatic heterocycles. The zero-order chi connectivity index (χ0) is 21.3. The summed E-state index contributed by atoms with van der Waals surface area (Å²) in [6.45, 7) is 2.72. The molecule has 3 aromatic heterocycles. The number of carbonyl (C=O) groups excluding carboxylic acids is 1. The molecular formula is C20H23F2N7O. The molecule has 0 aliphatic carbocycles. The lowest BCUT2D eigenvalue weighted by Crippen LogP contribution is -2.33. The number of hydrogen-bond donors (Lipinski definition) is 2. The second-order valence-electron chi connectivity index (χ2n) is 7.53. The van der Waals surface area contributed by atoms with Crippen LogP contribution in [0.25, 0.3) is 5.65 Å². The molecular weight excluding hydrogens is 392 g/mol. The van der Waals surface area contributed by atoms with E-state index >= 15 is 0 Å². The summed E-state index contributed by atoms with van der Waals surface area (Å²) >= 11 is 0. The molecule has 8 nitrogen and oxygen atoms in total. The Balaban J connectivity index is 1.47. The second-order valence-corrected chi connectivity index (χ2v) is 7.53. The van der Waals surface area contributed by atoms with E-state index < -0.39 is 6.17 Å². The molecule has 0 radical (unpaired) electrons. The summed E-state index contributed by atoms with van der Waals surface area (Å²) in [6, 6.07) is 4.55. The van der Waals surface area contributed by atoms with Gasteiger partial charge in [0, 0.05) is 24.5 Å². The lowest BCUT2D eigenvalue weighted by atomic mass is 10.1. The van der Waals surface area contributed by atoms with Crippen LogP contribution in [0.2, 0.25) is 0 Å². The predicted octanol–water partition coefficient (Wildman–Crippen LogP) is 2.14. The molecule has 1 amide bonds. The first-order chi connectivity index (χ1) is 14.4. The van der Waals surface area contributed by atoms with Gasteiger partial charge in [0.1, 0.15) is 23.4 Å². The average molecular weight is 415 g/mol. The highest BCUT2D eigenvalue weighted by atomic mass is 19.1. The molecule has 0 spiro atoms. The van der Waals surface area contributed by atoms with E-state index in [-0.39, 0.29) is 35.7 Å². The summed E-state index contributed by atoms with van der Waals surface area (Å²) in [5, 5.41) is 7.06. The van der Waals surface area contributed by atoms with Crippen molar-refractivity contribution in [1.29, 1.82) is 0 Å². The first-order valence-electron chi connectivity index (χ1n) is 9.86. The maximum atomic E-state index is 13.5. The number of hydrogen-bond acceptors (Lipinski definition) is 6. The van der Waals surface area contributed by atoms with Gasteiger partial charge in [0.2, 0.25) is 0 Å². The summed E-state index contributed by atoms with van der Waals surface area (Å²) in [7, 11) is 0. The van der Waals surface area contributed by atoms with Crippen LogP contribution in [-0.4, -0.2) is 50.8 Å². The molecule has 1 saturated heterocycles. The third-order valence-corrected chi connectivity index (χ3v) is 5.18. The van der Waals surface area contributed by atoms with E-state index in [0.717, 1.165) is 5.69 Å². The fourth-order valence-corrected chi connectivity index (χ4v) is 3.54. The average Bonchev–Trinajstić information content (AvgIpc) is 3.29. The van der Waals surface area contributed by atoms with E-state index in [1.54, 1.807) is 18.3 Å². The van der Waals surface area contributed by atoms with E-state index in [0.29, 0.717) is 37.3 Å². The van der Waals surface area contributed by atoms with E-state index in [4.69, 9.17) is 5.73 Å². The van der Waals surface area contributed by atoms with Crippen molar-refractivity contribution in [2.75, 3.05) is 23.7 Å². The van der Waals surface area contributed by atoms with Crippen LogP contribution in [-0.2, 0) is 6.42 Å². The van der Waals surface area contributed by atoms with Gasteiger partial charge in [-0.2, -0.15) is 0 Å². The minimum Gasteiger partial charge on any atom is -0.381 e. The summed E-state index contributed by atoms with van der Waals surface area (Å²) in [5.74, 6) is -0.0932. The van der Waals surface area contributed by atoms with E-state index in [1.165, 1.54) is 16.8 Å². The molecule has 0 saturated carbocycles. The van der Waals surface area contributed by atoms with Gasteiger partial charge < -0.3 is 16.0 Å². The van der Waals surface area contributed by atoms with Crippen molar-refractivity contribution in [2.45, 2.75) is 38.4 Å². The lowest BCUT2D eigenvalue weighted by Gasteiger charge is -2.16. The van der Waals surface area contributed by atoms with Gasteiger partial charge >= 0.3 is 0 Å². The van der Waals surface area contributed by atoms with Gasteiger partial charge in [-0.05, 0) is 44.4 Å². The molecule has 3 N–H and O–H groups in total. The van der Waals surface area contributed by atoms with Crippen molar-refractivity contribution >= 4 is 23.2 Å². The summed E-state index contributed by atoms with van der Waals surface area (Å²) in [4.78, 5) is 23.3. The summed E-state index contributed by atoms with van der Waals surface area (Å²) in [5.41, 5.74) is 7.25. The number of nitrogens with zero attached hydrogens (tertiary/aromatic N) is 5. The van der Waals surface area contributed by atoms with Crippen molar-refractivity contribution < 1.29 is 13.6 Å². The van der Waals surface area contributed by atoms with Crippen molar-refractivity contribution in [3.05, 3.63) is 47.7 Å². The fourth-order valence-electron chi connectivity index (χ4n) is 3.54. The van der Waals surface area contributed by atoms with E-state index in [9.17, 15) is 13.6 Å². The number of halogens is 2. The van der Waals surface area contributed by atoms with Crippen molar-refractivity contribution in [2.24, 2.45) is 0 Å². The third-order valence-electron chi connectivity index (χ3n) is 5.18. The summed E-state index contributed by atoms with van der Waals surface area (Å²) < 4.78 is 28.0. The number of fused-ring (bicyclic) bond motifs is 1. The van der Waals surface area contributed by atoms with Gasteiger partial charge in [0.25, 0.3) is 5.91 Å². The highest BCUT2D eigenvalue weighted by Gasteiger charge is 2.25. The quantitative estimate of drug-likeness (QED) is 0.640. The Bertz CT molecular complexity index is 1050. The number of carbonyl (C=O) groups is 1. The molecule has 2 unspecified atom stereocenters. The SMILES string of the molecule is CC(CCc1ccc(F)cn1)NC(=O)c1c(N)nn2ccc(N3CCC(F)C3)nc12. The Morgan fingerprint density at radius 2 is 2.23 bits per heavy atom. The Kier molecular flexibility index (Phi) is 5.47. The third kappa shape index (κ3) is 4.17. The molecule has 30 heavy (non-hydrogen) atoms. The first-order valence-corrected chi connectivity index (χ1v) is 9.86. The number of aromatic nitrogens is 4. The highest BCUT2D eigenvalue weighted by molar-refractivity contribution is 6.04. The molecule has 4 rings (SSSR count). The predicted molar refractivity (Wildman–Crippen MR) is 109 cm³/mol. The number of aryl methyl sites for hydroxylation is 1. The van der Waals surface area contributed by atoms with Crippen LogP contribution in [0.3, 0.4) is 0 Å². The largest absolute Gasteiger partial charge is 0.381 e. The van der Waals surface area contributed by atoms with Crippen LogP contribution in [0.5, 0.6) is 0 Å². The van der Waals surface area contributed by atoms with Gasteiger partial charge in [-0.25, -0.2) is 18.3 Å². The van der Waals surface area contributed by atoms with Crippen LogP contribution in [0, 0.1) is 5.82 Å². The molecule has 1 aliphatic rings. The maximum absolute atomic E-state index is 13.5. The standard InChI is InChI=1S/C20H23F2N7O/c1-12(2-4-15-5-3-13(21)10-24-15)25-20(30)17-18(23)27-29-9-7-16(26-19(17)29)28-8-6-14(22)11-28/h3,5,7,9-10,12,14H,2,4,6,8,11H2,1H3,(H2,23,27)(H,25,30). The highest BCUT2D eigenvalue weighted by Crippen LogP contribution is 2.23. The first kappa shape index (κ1) is 20.0. The normalized spacial score (nSPS) is 17.4. The number of pyridine rings is 1. The lowest BCUT2D eigenvalue weighted by molar-refractivity contribution is 0.0940. The van der Waals surface area contributed by atoms with Crippen LogP contribution < -0.4 is 16.0 Å². The molecule has 1 fully saturated rings. The van der Waals surface area contributed by atoms with Crippen molar-refractivity contribution in [3.8, 4) is 0 Å². The molecule has 3 aromatic rings. The van der Waals surface area contributed by atoms with Gasteiger partial charge in [-0.3, -0.25) is 9.78 Å². The van der Waals surface area contributed by atoms with Crippen LogP contribution in [0.1, 0.15) is 35.8 Å². The van der Waals surface area contributed by atoms with Gasteiger partial charge in [0.15, 0.2) is 11.5 Å². The Labute approximate surface area is 172 Å². The molecule has 4 heterocycles. The van der Waals surface area contributed by atoms with Gasteiger partial charge in [0.05, 0.1) is 12.7 Å². The number of rotatable bonds is 6. The van der Waals surface area contributed by atoms with E-state index in [2.05, 4.69) is 20.4 Å². The zero-order valence-corrected chi connectivity index (χ0v) is 16.6. The number of nitrogen functional groups attached to an aromatic ring is 1. The maximum Gasteiger partial charge on any atom is 0.259 e. The van der Waals surface area contributed by atoms with Crippen LogP contribution in [0.15, 0.2) is 30.6 Å². The Morgan fingerprint density at radius 3 is 2.93 bits per heavy atom. The van der Waals surface area contributed by atoms with Crippen molar-refractivity contribution in [1.82, 2.24) is 24.9 Å². The fraction of sp³-hybridized carbons (Fsp3) is 0.400. The van der Waals surface area contributed by atoms with Gasteiger partial charge in [-0.15, -0.1) is 5.10 Å². The Morgan fingerprint density at radius 1 is 1.40 bits per heavy atom. The number of anilines is 2.